The van der Waals surface area contributed by atoms with Gasteiger partial charge in [-0.2, -0.15) is 0 Å². The molecule has 4 nitrogen and oxygen atoms in total. The van der Waals surface area contributed by atoms with Gasteiger partial charge in [-0.3, -0.25) is 4.57 Å². The average molecular weight is 461 g/mol. The van der Waals surface area contributed by atoms with E-state index in [-0.39, 0.29) is 0 Å². The molecule has 5 aromatic carbocycles. The molecule has 8 aromatic rings. The molecular formula is C32H20N4. The van der Waals surface area contributed by atoms with Crippen molar-refractivity contribution in [2.45, 2.75) is 0 Å². The molecule has 0 aliphatic heterocycles. The van der Waals surface area contributed by atoms with E-state index in [0.29, 0.717) is 5.95 Å². The minimum absolute atomic E-state index is 0.680. The smallest absolute Gasteiger partial charge is 0.234 e. The second kappa shape index (κ2) is 7.27. The number of hydrogen-bond donors (Lipinski definition) is 0. The maximum atomic E-state index is 4.61. The lowest BCUT2D eigenvalue weighted by Gasteiger charge is -2.08. The predicted octanol–water partition coefficient (Wildman–Crippen LogP) is 7.82. The van der Waals surface area contributed by atoms with E-state index in [1.807, 2.05) is 6.07 Å². The van der Waals surface area contributed by atoms with Crippen molar-refractivity contribution in [3.05, 3.63) is 122 Å². The van der Waals surface area contributed by atoms with Gasteiger partial charge in [0.1, 0.15) is 0 Å². The zero-order valence-electron chi connectivity index (χ0n) is 19.3. The highest BCUT2D eigenvalue weighted by molar-refractivity contribution is 6.25. The van der Waals surface area contributed by atoms with Gasteiger partial charge in [-0.05, 0) is 53.2 Å². The molecule has 0 bridgehead atoms. The molecule has 0 unspecified atom stereocenters. The Balaban J connectivity index is 1.64. The first-order valence-corrected chi connectivity index (χ1v) is 12.1. The number of nitrogens with zero attached hydrogens (tertiary/aromatic N) is 4. The highest BCUT2D eigenvalue weighted by Crippen LogP contribution is 2.41. The quantitative estimate of drug-likeness (QED) is 0.264. The van der Waals surface area contributed by atoms with E-state index in [0.717, 1.165) is 16.7 Å². The van der Waals surface area contributed by atoms with Crippen LogP contribution < -0.4 is 0 Å². The molecule has 36 heavy (non-hydrogen) atoms. The molecule has 0 aliphatic rings. The van der Waals surface area contributed by atoms with Crippen molar-refractivity contribution in [2.24, 2.45) is 0 Å². The molecule has 0 saturated heterocycles. The number of fused-ring (bicyclic) bond motifs is 8. The second-order valence-corrected chi connectivity index (χ2v) is 9.14. The lowest BCUT2D eigenvalue weighted by molar-refractivity contribution is 0.989. The van der Waals surface area contributed by atoms with Crippen LogP contribution in [0.3, 0.4) is 0 Å². The molecule has 8 rings (SSSR count). The Morgan fingerprint density at radius 1 is 0.444 bits per heavy atom. The van der Waals surface area contributed by atoms with Crippen LogP contribution in [0.5, 0.6) is 0 Å². The Kier molecular flexibility index (Phi) is 3.91. The first-order valence-electron chi connectivity index (χ1n) is 12.1. The Hall–Kier alpha value is -4.96. The topological polar surface area (TPSA) is 35.6 Å². The summed E-state index contributed by atoms with van der Waals surface area (Å²) < 4.78 is 4.57. The fourth-order valence-corrected chi connectivity index (χ4v) is 5.73. The standard InChI is InChI=1S/C32H20N4/c1-2-10-22(11-3-1)35-28-16-15-21-9-4-5-12-23(21)31(28)26-20-29-25(19-30(26)35)24-13-6-7-14-27(24)36(29)32-33-17-8-18-34-32/h1-20H. The van der Waals surface area contributed by atoms with Gasteiger partial charge in [-0.1, -0.05) is 66.7 Å². The highest BCUT2D eigenvalue weighted by Gasteiger charge is 2.20. The molecule has 0 fully saturated rings. The molecule has 0 aliphatic carbocycles. The van der Waals surface area contributed by atoms with E-state index < -0.39 is 0 Å². The molecule has 3 aromatic heterocycles. The van der Waals surface area contributed by atoms with E-state index in [9.17, 15) is 0 Å². The van der Waals surface area contributed by atoms with E-state index in [4.69, 9.17) is 0 Å². The van der Waals surface area contributed by atoms with Crippen LogP contribution in [0.2, 0.25) is 0 Å². The van der Waals surface area contributed by atoms with Crippen LogP contribution in [0.25, 0.3) is 66.0 Å². The van der Waals surface area contributed by atoms with Gasteiger partial charge in [0.05, 0.1) is 22.1 Å². The maximum absolute atomic E-state index is 4.61. The number of rotatable bonds is 2. The van der Waals surface area contributed by atoms with Crippen LogP contribution in [-0.4, -0.2) is 19.1 Å². The first kappa shape index (κ1) is 19.4. The zero-order chi connectivity index (χ0) is 23.6. The van der Waals surface area contributed by atoms with Gasteiger partial charge in [-0.15, -0.1) is 0 Å². The Bertz CT molecular complexity index is 2080. The van der Waals surface area contributed by atoms with Crippen molar-refractivity contribution in [3.63, 3.8) is 0 Å². The molecule has 3 heterocycles. The van der Waals surface area contributed by atoms with Gasteiger partial charge in [0.25, 0.3) is 0 Å². The maximum Gasteiger partial charge on any atom is 0.234 e. The summed E-state index contributed by atoms with van der Waals surface area (Å²) in [6.07, 6.45) is 3.60. The molecule has 0 radical (unpaired) electrons. The molecule has 0 atom stereocenters. The summed E-state index contributed by atoms with van der Waals surface area (Å²) in [5, 5.41) is 7.36. The molecule has 4 heteroatoms. The van der Waals surface area contributed by atoms with Crippen LogP contribution in [0, 0.1) is 0 Å². The van der Waals surface area contributed by atoms with Crippen molar-refractivity contribution in [1.29, 1.82) is 0 Å². The summed E-state index contributed by atoms with van der Waals surface area (Å²) in [4.78, 5) is 9.23. The predicted molar refractivity (Wildman–Crippen MR) is 148 cm³/mol. The molecule has 0 saturated carbocycles. The fraction of sp³-hybridized carbons (Fsp3) is 0. The summed E-state index contributed by atoms with van der Waals surface area (Å²) in [6.45, 7) is 0. The Morgan fingerprint density at radius 3 is 2.00 bits per heavy atom. The van der Waals surface area contributed by atoms with Gasteiger partial charge in [0.15, 0.2) is 0 Å². The normalized spacial score (nSPS) is 11.9. The molecule has 0 N–H and O–H groups in total. The Labute approximate surface area is 206 Å². The van der Waals surface area contributed by atoms with Crippen LogP contribution in [0.15, 0.2) is 122 Å². The summed E-state index contributed by atoms with van der Waals surface area (Å²) in [6, 6.07) is 38.8. The highest BCUT2D eigenvalue weighted by atomic mass is 15.1. The van der Waals surface area contributed by atoms with Crippen LogP contribution in [0.4, 0.5) is 0 Å². The first-order chi connectivity index (χ1) is 17.9. The monoisotopic (exact) mass is 460 g/mol. The number of hydrogen-bond acceptors (Lipinski definition) is 2. The summed E-state index contributed by atoms with van der Waals surface area (Å²) in [5.74, 6) is 0.680. The zero-order valence-corrected chi connectivity index (χ0v) is 19.3. The van der Waals surface area contributed by atoms with Crippen molar-refractivity contribution in [1.82, 2.24) is 19.1 Å². The largest absolute Gasteiger partial charge is 0.309 e. The van der Waals surface area contributed by atoms with E-state index in [1.165, 1.54) is 43.4 Å². The van der Waals surface area contributed by atoms with Crippen LogP contribution in [0.1, 0.15) is 0 Å². The summed E-state index contributed by atoms with van der Waals surface area (Å²) in [5.41, 5.74) is 5.76. The van der Waals surface area contributed by atoms with Gasteiger partial charge >= 0.3 is 0 Å². The van der Waals surface area contributed by atoms with Crippen molar-refractivity contribution in [2.75, 3.05) is 0 Å². The van der Waals surface area contributed by atoms with Crippen LogP contribution in [-0.2, 0) is 0 Å². The Morgan fingerprint density at radius 2 is 1.14 bits per heavy atom. The number of aromatic nitrogens is 4. The number of para-hydroxylation sites is 2. The summed E-state index contributed by atoms with van der Waals surface area (Å²) in [7, 11) is 0. The van der Waals surface area contributed by atoms with E-state index in [1.54, 1.807) is 12.4 Å². The third-order valence-corrected chi connectivity index (χ3v) is 7.21. The number of benzene rings is 5. The third kappa shape index (κ3) is 2.58. The van der Waals surface area contributed by atoms with Crippen LogP contribution >= 0.6 is 0 Å². The third-order valence-electron chi connectivity index (χ3n) is 7.21. The van der Waals surface area contributed by atoms with Gasteiger partial charge in [-0.25, -0.2) is 9.97 Å². The van der Waals surface area contributed by atoms with E-state index in [2.05, 4.69) is 122 Å². The molecule has 0 amide bonds. The van der Waals surface area contributed by atoms with Crippen molar-refractivity contribution in [3.8, 4) is 11.6 Å². The minimum Gasteiger partial charge on any atom is -0.309 e. The van der Waals surface area contributed by atoms with Gasteiger partial charge in [0, 0.05) is 39.6 Å². The van der Waals surface area contributed by atoms with Gasteiger partial charge < -0.3 is 4.57 Å². The molecule has 168 valence electrons. The average Bonchev–Trinajstić information content (AvgIpc) is 3.45. The minimum atomic E-state index is 0.680. The summed E-state index contributed by atoms with van der Waals surface area (Å²) >= 11 is 0. The van der Waals surface area contributed by atoms with Crippen molar-refractivity contribution >= 4 is 54.4 Å². The van der Waals surface area contributed by atoms with Gasteiger partial charge in [0.2, 0.25) is 5.95 Å². The SMILES string of the molecule is c1ccc(-n2c3cc4c5ccccc5n(-c5ncccn5)c4cc3c3c4ccccc4ccc32)cc1. The lowest BCUT2D eigenvalue weighted by Crippen LogP contribution is -1.99. The fourth-order valence-electron chi connectivity index (χ4n) is 5.73. The van der Waals surface area contributed by atoms with Crippen molar-refractivity contribution < 1.29 is 0 Å². The molecule has 0 spiro atoms. The second-order valence-electron chi connectivity index (χ2n) is 9.14. The lowest BCUT2D eigenvalue weighted by atomic mass is 10.0. The molecular weight excluding hydrogens is 440 g/mol. The van der Waals surface area contributed by atoms with E-state index >= 15 is 0 Å².